The maximum absolute atomic E-state index is 12.6. The van der Waals surface area contributed by atoms with Gasteiger partial charge in [-0.15, -0.1) is 11.3 Å². The maximum atomic E-state index is 12.6. The van der Waals surface area contributed by atoms with Crippen LogP contribution >= 0.6 is 11.3 Å². The molecule has 0 radical (unpaired) electrons. The molecule has 0 saturated heterocycles. The molecule has 0 fully saturated rings. The van der Waals surface area contributed by atoms with Gasteiger partial charge in [0.1, 0.15) is 10.3 Å². The van der Waals surface area contributed by atoms with Gasteiger partial charge < -0.3 is 5.32 Å². The maximum Gasteiger partial charge on any atom is 0.251 e. The molecule has 130 valence electrons. The molecule has 0 bridgehead atoms. The number of fused-ring (bicyclic) bond motifs is 4. The second-order valence-electron chi connectivity index (χ2n) is 6.35. The van der Waals surface area contributed by atoms with Gasteiger partial charge in [-0.3, -0.25) is 4.79 Å². The van der Waals surface area contributed by atoms with Gasteiger partial charge in [0.25, 0.3) is 5.91 Å². The van der Waals surface area contributed by atoms with Crippen LogP contribution < -0.4 is 5.32 Å². The Hall–Kier alpha value is -3.31. The molecule has 0 aliphatic rings. The van der Waals surface area contributed by atoms with Gasteiger partial charge in [-0.2, -0.15) is 0 Å². The van der Waals surface area contributed by atoms with Crippen LogP contribution in [0.25, 0.3) is 31.5 Å². The number of hydrogen-bond donors (Lipinski definition) is 1. The molecule has 4 nitrogen and oxygen atoms in total. The monoisotopic (exact) mass is 369 g/mol. The molecule has 0 spiro atoms. The van der Waals surface area contributed by atoms with Crippen molar-refractivity contribution in [3.05, 3.63) is 83.9 Å². The first kappa shape index (κ1) is 15.9. The van der Waals surface area contributed by atoms with Crippen LogP contribution in [0.3, 0.4) is 0 Å². The van der Waals surface area contributed by atoms with Gasteiger partial charge in [-0.25, -0.2) is 9.97 Å². The Labute approximate surface area is 159 Å². The summed E-state index contributed by atoms with van der Waals surface area (Å²) in [5, 5.41) is 3.95. The highest BCUT2D eigenvalue weighted by Crippen LogP contribution is 2.33. The van der Waals surface area contributed by atoms with Crippen molar-refractivity contribution in [2.75, 3.05) is 0 Å². The molecule has 27 heavy (non-hydrogen) atoms. The van der Waals surface area contributed by atoms with E-state index in [1.807, 2.05) is 72.8 Å². The number of amides is 1. The number of nitrogens with zero attached hydrogens (tertiary/aromatic N) is 2. The van der Waals surface area contributed by atoms with Crippen molar-refractivity contribution in [3.63, 3.8) is 0 Å². The molecule has 2 heterocycles. The van der Waals surface area contributed by atoms with Crippen LogP contribution in [0, 0.1) is 0 Å². The predicted octanol–water partition coefficient (Wildman–Crippen LogP) is 4.93. The van der Waals surface area contributed by atoms with E-state index in [2.05, 4.69) is 5.32 Å². The first-order valence-electron chi connectivity index (χ1n) is 8.69. The van der Waals surface area contributed by atoms with Crippen LogP contribution in [0.4, 0.5) is 0 Å². The average molecular weight is 369 g/mol. The van der Waals surface area contributed by atoms with Gasteiger partial charge >= 0.3 is 0 Å². The number of benzene rings is 3. The molecular formula is C22H15N3OS. The molecule has 0 aliphatic heterocycles. The quantitative estimate of drug-likeness (QED) is 0.491. The molecule has 2 aromatic heterocycles. The minimum atomic E-state index is -0.0890. The normalized spacial score (nSPS) is 11.3. The Balaban J connectivity index is 1.52. The largest absolute Gasteiger partial charge is 0.348 e. The van der Waals surface area contributed by atoms with E-state index in [0.29, 0.717) is 12.1 Å². The lowest BCUT2D eigenvalue weighted by Gasteiger charge is -2.05. The lowest BCUT2D eigenvalue weighted by Crippen LogP contribution is -2.22. The number of thiophene rings is 1. The molecule has 0 atom stereocenters. The van der Waals surface area contributed by atoms with Crippen molar-refractivity contribution in [2.45, 2.75) is 6.54 Å². The van der Waals surface area contributed by atoms with E-state index in [9.17, 15) is 4.79 Å². The van der Waals surface area contributed by atoms with Crippen molar-refractivity contribution in [1.82, 2.24) is 15.3 Å². The highest BCUT2D eigenvalue weighted by molar-refractivity contribution is 7.25. The van der Waals surface area contributed by atoms with Gasteiger partial charge in [0, 0.05) is 22.2 Å². The van der Waals surface area contributed by atoms with Crippen LogP contribution in [0.15, 0.2) is 72.8 Å². The lowest BCUT2D eigenvalue weighted by molar-refractivity contribution is 0.0951. The van der Waals surface area contributed by atoms with Gasteiger partial charge in [0.2, 0.25) is 0 Å². The van der Waals surface area contributed by atoms with Crippen LogP contribution in [0.5, 0.6) is 0 Å². The standard InChI is InChI=1S/C22H15N3OS/c26-21(23-13-14-6-2-1-3-7-14)15-10-11-19-16(12-15)20-22(27-19)25-18-9-5-4-8-17(18)24-20/h1-12H,13H2,(H,23,26). The van der Waals surface area contributed by atoms with Crippen LogP contribution in [0.1, 0.15) is 15.9 Å². The molecule has 5 heteroatoms. The van der Waals surface area contributed by atoms with E-state index >= 15 is 0 Å². The summed E-state index contributed by atoms with van der Waals surface area (Å²) in [4.78, 5) is 23.0. The molecule has 3 aromatic carbocycles. The first-order valence-corrected chi connectivity index (χ1v) is 9.51. The fourth-order valence-corrected chi connectivity index (χ4v) is 4.17. The van der Waals surface area contributed by atoms with Gasteiger partial charge in [0.15, 0.2) is 0 Å². The van der Waals surface area contributed by atoms with E-state index in [1.165, 1.54) is 0 Å². The summed E-state index contributed by atoms with van der Waals surface area (Å²) < 4.78 is 1.08. The van der Waals surface area contributed by atoms with E-state index in [0.717, 1.165) is 37.0 Å². The predicted molar refractivity (Wildman–Crippen MR) is 110 cm³/mol. The summed E-state index contributed by atoms with van der Waals surface area (Å²) in [6.45, 7) is 0.506. The fraction of sp³-hybridized carbons (Fsp3) is 0.0455. The number of nitrogens with one attached hydrogen (secondary N) is 1. The zero-order valence-corrected chi connectivity index (χ0v) is 15.2. The van der Waals surface area contributed by atoms with Crippen molar-refractivity contribution in [3.8, 4) is 0 Å². The van der Waals surface area contributed by atoms with Crippen molar-refractivity contribution >= 4 is 48.7 Å². The lowest BCUT2D eigenvalue weighted by atomic mass is 10.1. The summed E-state index contributed by atoms with van der Waals surface area (Å²) in [5.41, 5.74) is 4.31. The van der Waals surface area contributed by atoms with E-state index in [-0.39, 0.29) is 5.91 Å². The van der Waals surface area contributed by atoms with E-state index in [1.54, 1.807) is 11.3 Å². The molecule has 5 aromatic rings. The molecule has 0 saturated carbocycles. The number of aromatic nitrogens is 2. The third-order valence-corrected chi connectivity index (χ3v) is 5.59. The van der Waals surface area contributed by atoms with Crippen LogP contribution in [-0.4, -0.2) is 15.9 Å². The topological polar surface area (TPSA) is 54.9 Å². The SMILES string of the molecule is O=C(NCc1ccccc1)c1ccc2sc3nc4ccccc4nc3c2c1. The average Bonchev–Trinajstić information content (AvgIpc) is 3.07. The number of hydrogen-bond acceptors (Lipinski definition) is 4. The van der Waals surface area contributed by atoms with Gasteiger partial charge in [0.05, 0.1) is 11.0 Å². The molecular weight excluding hydrogens is 354 g/mol. The van der Waals surface area contributed by atoms with E-state index < -0.39 is 0 Å². The third-order valence-electron chi connectivity index (χ3n) is 4.54. The summed E-state index contributed by atoms with van der Waals surface area (Å²) >= 11 is 1.60. The zero-order valence-electron chi connectivity index (χ0n) is 14.3. The Morgan fingerprint density at radius 2 is 1.63 bits per heavy atom. The molecule has 1 amide bonds. The smallest absolute Gasteiger partial charge is 0.251 e. The van der Waals surface area contributed by atoms with Crippen LogP contribution in [-0.2, 0) is 6.54 Å². The highest BCUT2D eigenvalue weighted by atomic mass is 32.1. The number of rotatable bonds is 3. The minimum Gasteiger partial charge on any atom is -0.348 e. The Bertz CT molecular complexity index is 1290. The fourth-order valence-electron chi connectivity index (χ4n) is 3.16. The molecule has 1 N–H and O–H groups in total. The Kier molecular flexibility index (Phi) is 3.80. The second kappa shape index (κ2) is 6.45. The molecule has 5 rings (SSSR count). The van der Waals surface area contributed by atoms with Gasteiger partial charge in [-0.1, -0.05) is 42.5 Å². The van der Waals surface area contributed by atoms with Gasteiger partial charge in [-0.05, 0) is 35.9 Å². The summed E-state index contributed by atoms with van der Waals surface area (Å²) in [6.07, 6.45) is 0. The van der Waals surface area contributed by atoms with Crippen LogP contribution in [0.2, 0.25) is 0 Å². The van der Waals surface area contributed by atoms with Crippen molar-refractivity contribution < 1.29 is 4.79 Å². The number of para-hydroxylation sites is 2. The molecule has 0 aliphatic carbocycles. The zero-order chi connectivity index (χ0) is 18.2. The minimum absolute atomic E-state index is 0.0890. The summed E-state index contributed by atoms with van der Waals surface area (Å²) in [5.74, 6) is -0.0890. The third kappa shape index (κ3) is 2.92. The highest BCUT2D eigenvalue weighted by Gasteiger charge is 2.13. The van der Waals surface area contributed by atoms with Crippen molar-refractivity contribution in [1.29, 1.82) is 0 Å². The second-order valence-corrected chi connectivity index (χ2v) is 7.38. The summed E-state index contributed by atoms with van der Waals surface area (Å²) in [7, 11) is 0. The Morgan fingerprint density at radius 3 is 2.44 bits per heavy atom. The number of carbonyl (C=O) groups is 1. The van der Waals surface area contributed by atoms with E-state index in [4.69, 9.17) is 9.97 Å². The summed E-state index contributed by atoms with van der Waals surface area (Å²) in [6, 6.07) is 23.5. The first-order chi connectivity index (χ1) is 13.3. The Morgan fingerprint density at radius 1 is 0.889 bits per heavy atom. The number of carbonyl (C=O) groups excluding carboxylic acids is 1. The van der Waals surface area contributed by atoms with Crippen molar-refractivity contribution in [2.24, 2.45) is 0 Å². The molecule has 0 unspecified atom stereocenters.